The summed E-state index contributed by atoms with van der Waals surface area (Å²) in [5.74, 6) is 0.503. The minimum absolute atomic E-state index is 0.125. The van der Waals surface area contributed by atoms with Crippen LogP contribution in [0.2, 0.25) is 0 Å². The van der Waals surface area contributed by atoms with E-state index < -0.39 is 36.4 Å². The van der Waals surface area contributed by atoms with Crippen LogP contribution in [-0.4, -0.2) is 44.5 Å². The molecule has 0 aliphatic carbocycles. The fourth-order valence-corrected chi connectivity index (χ4v) is 2.84. The van der Waals surface area contributed by atoms with Gasteiger partial charge in [0.2, 0.25) is 0 Å². The molecular weight excluding hydrogens is 320 g/mol. The predicted octanol–water partition coefficient (Wildman–Crippen LogP) is 1.45. The first-order valence-electron chi connectivity index (χ1n) is 7.36. The number of hydrogen-bond acceptors (Lipinski definition) is 8. The van der Waals surface area contributed by atoms with Crippen LogP contribution in [0.1, 0.15) is 0 Å². The summed E-state index contributed by atoms with van der Waals surface area (Å²) in [6, 6.07) is 8.18. The van der Waals surface area contributed by atoms with Gasteiger partial charge in [0.25, 0.3) is 0 Å². The van der Waals surface area contributed by atoms with E-state index in [0.29, 0.717) is 11.3 Å². The second-order valence-electron chi connectivity index (χ2n) is 5.46. The zero-order valence-corrected chi connectivity index (χ0v) is 12.7. The number of methoxy groups -OCH3 is 1. The largest absolute Gasteiger partial charge is 0.509 e. The molecule has 8 heteroatoms. The van der Waals surface area contributed by atoms with Gasteiger partial charge in [-0.3, -0.25) is 0 Å². The fourth-order valence-electron chi connectivity index (χ4n) is 2.84. The minimum atomic E-state index is -0.743. The standard InChI is InChI=1S/C16H14O8/c1-19-15-14-13(23-16(18)24-14)11(22-15)7-20-9-4-2-8-3-5-12(17)21-10(8)6-9/h2-6,11,13-15H,7H2,1H3/t11-,13+,14+,15+/m1/s1. The summed E-state index contributed by atoms with van der Waals surface area (Å²) in [5, 5.41) is 0.789. The highest BCUT2D eigenvalue weighted by Crippen LogP contribution is 2.32. The Labute approximate surface area is 135 Å². The van der Waals surface area contributed by atoms with Crippen molar-refractivity contribution in [2.45, 2.75) is 24.6 Å². The molecule has 8 nitrogen and oxygen atoms in total. The molecule has 126 valence electrons. The van der Waals surface area contributed by atoms with Gasteiger partial charge < -0.3 is 28.1 Å². The number of carbonyl (C=O) groups excluding carboxylic acids is 1. The molecule has 1 aromatic heterocycles. The zero-order chi connectivity index (χ0) is 16.7. The molecule has 2 aromatic rings. The van der Waals surface area contributed by atoms with Gasteiger partial charge in [0.1, 0.15) is 24.0 Å². The second-order valence-corrected chi connectivity index (χ2v) is 5.46. The van der Waals surface area contributed by atoms with Crippen molar-refractivity contribution >= 4 is 17.1 Å². The van der Waals surface area contributed by atoms with Crippen LogP contribution in [0.5, 0.6) is 5.75 Å². The quantitative estimate of drug-likeness (QED) is 0.612. The van der Waals surface area contributed by atoms with E-state index in [9.17, 15) is 9.59 Å². The van der Waals surface area contributed by atoms with E-state index in [1.54, 1.807) is 24.3 Å². The second kappa shape index (κ2) is 5.81. The van der Waals surface area contributed by atoms with Gasteiger partial charge in [0.15, 0.2) is 18.5 Å². The van der Waals surface area contributed by atoms with Crippen molar-refractivity contribution in [1.29, 1.82) is 0 Å². The topological polar surface area (TPSA) is 93.4 Å². The highest BCUT2D eigenvalue weighted by atomic mass is 16.8. The van der Waals surface area contributed by atoms with E-state index in [2.05, 4.69) is 0 Å². The normalized spacial score (nSPS) is 28.5. The van der Waals surface area contributed by atoms with E-state index in [1.807, 2.05) is 0 Å². The van der Waals surface area contributed by atoms with Crippen molar-refractivity contribution in [2.24, 2.45) is 0 Å². The first-order chi connectivity index (χ1) is 11.6. The summed E-state index contributed by atoms with van der Waals surface area (Å²) >= 11 is 0. The molecular formula is C16H14O8. The van der Waals surface area contributed by atoms with Crippen LogP contribution < -0.4 is 10.4 Å². The number of hydrogen-bond donors (Lipinski definition) is 0. The molecule has 0 saturated carbocycles. The summed E-state index contributed by atoms with van der Waals surface area (Å²) in [7, 11) is 1.46. The molecule has 0 spiro atoms. The van der Waals surface area contributed by atoms with Crippen LogP contribution in [0.3, 0.4) is 0 Å². The smallest absolute Gasteiger partial charge is 0.491 e. The van der Waals surface area contributed by atoms with E-state index in [1.165, 1.54) is 13.2 Å². The fraction of sp³-hybridized carbons (Fsp3) is 0.375. The van der Waals surface area contributed by atoms with E-state index in [4.69, 9.17) is 28.1 Å². The molecule has 3 heterocycles. The van der Waals surface area contributed by atoms with Crippen molar-refractivity contribution in [2.75, 3.05) is 13.7 Å². The Bertz CT molecular complexity index is 828. The van der Waals surface area contributed by atoms with Crippen LogP contribution in [0.4, 0.5) is 4.79 Å². The van der Waals surface area contributed by atoms with Crippen LogP contribution in [0, 0.1) is 0 Å². The van der Waals surface area contributed by atoms with E-state index in [-0.39, 0.29) is 6.61 Å². The lowest BCUT2D eigenvalue weighted by atomic mass is 10.1. The molecule has 4 rings (SSSR count). The predicted molar refractivity (Wildman–Crippen MR) is 78.8 cm³/mol. The van der Waals surface area contributed by atoms with Crippen molar-refractivity contribution in [3.05, 3.63) is 40.8 Å². The molecule has 0 N–H and O–H groups in total. The Balaban J connectivity index is 1.48. The molecule has 2 saturated heterocycles. The lowest BCUT2D eigenvalue weighted by molar-refractivity contribution is -0.156. The molecule has 24 heavy (non-hydrogen) atoms. The van der Waals surface area contributed by atoms with Gasteiger partial charge in [-0.05, 0) is 18.2 Å². The molecule has 0 bridgehead atoms. The number of ether oxygens (including phenoxy) is 5. The van der Waals surface area contributed by atoms with Crippen molar-refractivity contribution in [3.8, 4) is 5.75 Å². The van der Waals surface area contributed by atoms with Crippen molar-refractivity contribution < 1.29 is 32.9 Å². The Morgan fingerprint density at radius 1 is 1.08 bits per heavy atom. The van der Waals surface area contributed by atoms with Crippen molar-refractivity contribution in [3.63, 3.8) is 0 Å². The van der Waals surface area contributed by atoms with Gasteiger partial charge in [-0.15, -0.1) is 0 Å². The molecule has 2 fully saturated rings. The third kappa shape index (κ3) is 2.59. The lowest BCUT2D eigenvalue weighted by Gasteiger charge is -2.16. The molecule has 0 unspecified atom stereocenters. The third-order valence-corrected chi connectivity index (χ3v) is 3.97. The lowest BCUT2D eigenvalue weighted by Crippen LogP contribution is -2.33. The van der Waals surface area contributed by atoms with Gasteiger partial charge in [-0.25, -0.2) is 9.59 Å². The maximum absolute atomic E-state index is 11.3. The summed E-state index contributed by atoms with van der Waals surface area (Å²) in [5.41, 5.74) is -0.00446. The number of benzene rings is 1. The maximum atomic E-state index is 11.3. The Morgan fingerprint density at radius 3 is 2.71 bits per heavy atom. The van der Waals surface area contributed by atoms with Gasteiger partial charge >= 0.3 is 11.8 Å². The minimum Gasteiger partial charge on any atom is -0.491 e. The first kappa shape index (κ1) is 15.0. The molecule has 0 amide bonds. The molecule has 1 aromatic carbocycles. The zero-order valence-electron chi connectivity index (χ0n) is 12.7. The molecule has 0 radical (unpaired) electrons. The summed E-state index contributed by atoms with van der Waals surface area (Å²) < 4.78 is 31.7. The SMILES string of the molecule is CO[C@H]1O[C@H](COc2ccc3ccc(=O)oc3c2)[C@@H]2OC(=O)O[C@H]12. The number of fused-ring (bicyclic) bond motifs is 2. The number of carbonyl (C=O) groups is 1. The van der Waals surface area contributed by atoms with Crippen LogP contribution >= 0.6 is 0 Å². The highest BCUT2D eigenvalue weighted by Gasteiger charge is 2.54. The number of rotatable bonds is 4. The van der Waals surface area contributed by atoms with Gasteiger partial charge in [0, 0.05) is 24.6 Å². The van der Waals surface area contributed by atoms with Gasteiger partial charge in [0.05, 0.1) is 0 Å². The monoisotopic (exact) mass is 334 g/mol. The first-order valence-corrected chi connectivity index (χ1v) is 7.36. The van der Waals surface area contributed by atoms with Crippen LogP contribution in [-0.2, 0) is 18.9 Å². The Hall–Kier alpha value is -2.58. The Morgan fingerprint density at radius 2 is 1.88 bits per heavy atom. The van der Waals surface area contributed by atoms with Crippen LogP contribution in [0.25, 0.3) is 11.0 Å². The van der Waals surface area contributed by atoms with E-state index >= 15 is 0 Å². The summed E-state index contributed by atoms with van der Waals surface area (Å²) in [6.45, 7) is 0.125. The average molecular weight is 334 g/mol. The van der Waals surface area contributed by atoms with Gasteiger partial charge in [-0.1, -0.05) is 0 Å². The third-order valence-electron chi connectivity index (χ3n) is 3.97. The summed E-state index contributed by atoms with van der Waals surface area (Å²) in [4.78, 5) is 22.6. The highest BCUT2D eigenvalue weighted by molar-refractivity contribution is 5.77. The Kier molecular flexibility index (Phi) is 3.62. The van der Waals surface area contributed by atoms with E-state index in [0.717, 1.165) is 5.39 Å². The average Bonchev–Trinajstić information content (AvgIpc) is 3.10. The summed E-state index contributed by atoms with van der Waals surface area (Å²) in [6.07, 6.45) is -3.14. The molecule has 2 aliphatic heterocycles. The van der Waals surface area contributed by atoms with Crippen LogP contribution in [0.15, 0.2) is 39.5 Å². The van der Waals surface area contributed by atoms with Gasteiger partial charge in [-0.2, -0.15) is 0 Å². The van der Waals surface area contributed by atoms with Crippen molar-refractivity contribution in [1.82, 2.24) is 0 Å². The molecule has 2 aliphatic rings. The maximum Gasteiger partial charge on any atom is 0.509 e. The molecule has 4 atom stereocenters.